The third-order valence-electron chi connectivity index (χ3n) is 11.2. The van der Waals surface area contributed by atoms with Gasteiger partial charge in [0.05, 0.1) is 6.10 Å². The van der Waals surface area contributed by atoms with Crippen LogP contribution in [0.1, 0.15) is 79.1 Å². The van der Waals surface area contributed by atoms with E-state index in [0.717, 1.165) is 68.6 Å². The minimum atomic E-state index is -0.103. The number of allylic oxidation sites excluding steroid dienone is 1. The van der Waals surface area contributed by atoms with E-state index in [4.69, 9.17) is 0 Å². The first-order valence-corrected chi connectivity index (χ1v) is 13.6. The SMILES string of the molecule is CC(=O)N1CCN(C[C@@H](C)[C@H]2CCC3C4CC=C5C[C@@H](O)CC[C@]5(C)C4CC[C@@]32C)CC1. The maximum Gasteiger partial charge on any atom is 0.219 e. The van der Waals surface area contributed by atoms with Crippen molar-refractivity contribution in [1.29, 1.82) is 0 Å². The molecule has 4 aliphatic carbocycles. The number of amides is 1. The molecule has 0 radical (unpaired) electrons. The average molecular weight is 443 g/mol. The first-order chi connectivity index (χ1) is 15.2. The summed E-state index contributed by atoms with van der Waals surface area (Å²) >= 11 is 0. The third-order valence-corrected chi connectivity index (χ3v) is 11.2. The Bertz CT molecular complexity index is 757. The monoisotopic (exact) mass is 442 g/mol. The Morgan fingerprint density at radius 3 is 2.56 bits per heavy atom. The molecule has 0 aromatic rings. The van der Waals surface area contributed by atoms with Crippen molar-refractivity contribution in [3.63, 3.8) is 0 Å². The van der Waals surface area contributed by atoms with Crippen LogP contribution >= 0.6 is 0 Å². The van der Waals surface area contributed by atoms with Crippen molar-refractivity contribution in [2.45, 2.75) is 85.2 Å². The van der Waals surface area contributed by atoms with Gasteiger partial charge in [-0.15, -0.1) is 0 Å². The van der Waals surface area contributed by atoms with Gasteiger partial charge in [-0.3, -0.25) is 9.69 Å². The van der Waals surface area contributed by atoms with E-state index < -0.39 is 0 Å². The van der Waals surface area contributed by atoms with Gasteiger partial charge < -0.3 is 10.0 Å². The van der Waals surface area contributed by atoms with Crippen LogP contribution in [0.2, 0.25) is 0 Å². The van der Waals surface area contributed by atoms with Crippen molar-refractivity contribution in [3.8, 4) is 0 Å². The average Bonchev–Trinajstić information content (AvgIpc) is 3.12. The highest BCUT2D eigenvalue weighted by Crippen LogP contribution is 2.67. The minimum Gasteiger partial charge on any atom is -0.393 e. The molecule has 8 atom stereocenters. The van der Waals surface area contributed by atoms with Crippen LogP contribution in [0.4, 0.5) is 0 Å². The van der Waals surface area contributed by atoms with Crippen molar-refractivity contribution >= 4 is 5.91 Å². The van der Waals surface area contributed by atoms with Gasteiger partial charge in [0.2, 0.25) is 5.91 Å². The third kappa shape index (κ3) is 3.68. The minimum absolute atomic E-state index is 0.103. The molecule has 0 aromatic heterocycles. The Balaban J connectivity index is 1.26. The lowest BCUT2D eigenvalue weighted by atomic mass is 9.47. The number of aliphatic hydroxyl groups is 1. The topological polar surface area (TPSA) is 43.8 Å². The van der Waals surface area contributed by atoms with Crippen LogP contribution in [-0.2, 0) is 4.79 Å². The summed E-state index contributed by atoms with van der Waals surface area (Å²) in [5.41, 5.74) is 2.44. The number of carbonyl (C=O) groups excluding carboxylic acids is 1. The summed E-state index contributed by atoms with van der Waals surface area (Å²) in [7, 11) is 0. The maximum absolute atomic E-state index is 11.7. The van der Waals surface area contributed by atoms with E-state index in [-0.39, 0.29) is 12.0 Å². The first-order valence-electron chi connectivity index (χ1n) is 13.6. The molecule has 5 rings (SSSR count). The highest BCUT2D eigenvalue weighted by atomic mass is 16.3. The predicted octanol–water partition coefficient (Wildman–Crippen LogP) is 4.73. The summed E-state index contributed by atoms with van der Waals surface area (Å²) in [6.45, 7) is 14.5. The lowest BCUT2D eigenvalue weighted by molar-refractivity contribution is -0.130. The number of nitrogens with zero attached hydrogens (tertiary/aromatic N) is 2. The van der Waals surface area contributed by atoms with Gasteiger partial charge in [-0.2, -0.15) is 0 Å². The summed E-state index contributed by atoms with van der Waals surface area (Å²) < 4.78 is 0. The molecule has 4 nitrogen and oxygen atoms in total. The zero-order valence-electron chi connectivity index (χ0n) is 21.0. The second-order valence-electron chi connectivity index (χ2n) is 12.7. The largest absolute Gasteiger partial charge is 0.393 e. The molecular formula is C28H46N2O2. The highest BCUT2D eigenvalue weighted by Gasteiger charge is 2.59. The summed E-state index contributed by atoms with van der Waals surface area (Å²) in [5, 5.41) is 10.3. The quantitative estimate of drug-likeness (QED) is 0.643. The molecule has 3 unspecified atom stereocenters. The Labute approximate surface area is 195 Å². The van der Waals surface area contributed by atoms with E-state index in [0.29, 0.717) is 10.8 Å². The highest BCUT2D eigenvalue weighted by molar-refractivity contribution is 5.73. The molecule has 32 heavy (non-hydrogen) atoms. The van der Waals surface area contributed by atoms with Gasteiger partial charge in [0, 0.05) is 39.6 Å². The van der Waals surface area contributed by atoms with Gasteiger partial charge in [0.25, 0.3) is 0 Å². The molecule has 0 spiro atoms. The molecule has 1 heterocycles. The Morgan fingerprint density at radius 2 is 1.84 bits per heavy atom. The molecule has 4 heteroatoms. The van der Waals surface area contributed by atoms with E-state index in [9.17, 15) is 9.90 Å². The lowest BCUT2D eigenvalue weighted by Crippen LogP contribution is -2.52. The standard InChI is InChI=1S/C28H46N2O2/c1-19(18-29-13-15-30(16-14-29)20(2)31)24-7-8-25-23-6-5-21-17-22(32)9-11-27(21,3)26(23)10-12-28(24,25)4/h5,19,22-26,32H,6-18H2,1-4H3/t19-,22+,23?,24-,25?,26?,27+,28-/m1/s1. The number of piperazine rings is 1. The summed E-state index contributed by atoms with van der Waals surface area (Å²) in [6, 6.07) is 0. The fourth-order valence-electron chi connectivity index (χ4n) is 9.40. The zero-order chi connectivity index (χ0) is 22.7. The molecule has 3 saturated carbocycles. The van der Waals surface area contributed by atoms with Crippen LogP contribution in [0.25, 0.3) is 0 Å². The zero-order valence-corrected chi connectivity index (χ0v) is 21.0. The smallest absolute Gasteiger partial charge is 0.219 e. The van der Waals surface area contributed by atoms with Crippen molar-refractivity contribution < 1.29 is 9.90 Å². The van der Waals surface area contributed by atoms with Crippen LogP contribution < -0.4 is 0 Å². The van der Waals surface area contributed by atoms with Gasteiger partial charge in [-0.1, -0.05) is 32.4 Å². The van der Waals surface area contributed by atoms with Crippen molar-refractivity contribution in [2.75, 3.05) is 32.7 Å². The molecule has 0 aromatic carbocycles. The van der Waals surface area contributed by atoms with E-state index in [1.807, 2.05) is 4.90 Å². The number of aliphatic hydroxyl groups excluding tert-OH is 1. The molecule has 1 aliphatic heterocycles. The van der Waals surface area contributed by atoms with E-state index >= 15 is 0 Å². The number of hydrogen-bond acceptors (Lipinski definition) is 3. The van der Waals surface area contributed by atoms with E-state index in [1.165, 1.54) is 45.1 Å². The van der Waals surface area contributed by atoms with Crippen LogP contribution in [0.3, 0.4) is 0 Å². The number of carbonyl (C=O) groups is 1. The van der Waals surface area contributed by atoms with Crippen molar-refractivity contribution in [2.24, 2.45) is 40.4 Å². The molecule has 4 fully saturated rings. The van der Waals surface area contributed by atoms with E-state index in [1.54, 1.807) is 12.5 Å². The van der Waals surface area contributed by atoms with Gasteiger partial charge in [0.15, 0.2) is 0 Å². The van der Waals surface area contributed by atoms with Gasteiger partial charge in [-0.25, -0.2) is 0 Å². The van der Waals surface area contributed by atoms with Gasteiger partial charge in [-0.05, 0) is 91.8 Å². The Hall–Kier alpha value is -0.870. The Kier molecular flexibility index (Phi) is 6.02. The van der Waals surface area contributed by atoms with Crippen LogP contribution in [0, 0.1) is 40.4 Å². The fourth-order valence-corrected chi connectivity index (χ4v) is 9.40. The molecule has 1 N–H and O–H groups in total. The lowest BCUT2D eigenvalue weighted by Gasteiger charge is -2.58. The first kappa shape index (κ1) is 22.9. The normalized spacial score (nSPS) is 45.5. The molecular weight excluding hydrogens is 396 g/mol. The molecule has 180 valence electrons. The predicted molar refractivity (Wildman–Crippen MR) is 129 cm³/mol. The van der Waals surface area contributed by atoms with Crippen molar-refractivity contribution in [1.82, 2.24) is 9.80 Å². The summed E-state index contributed by atoms with van der Waals surface area (Å²) in [5.74, 6) is 4.37. The number of rotatable bonds is 3. The van der Waals surface area contributed by atoms with Crippen molar-refractivity contribution in [3.05, 3.63) is 11.6 Å². The molecule has 0 bridgehead atoms. The molecule has 1 saturated heterocycles. The number of hydrogen-bond donors (Lipinski definition) is 1. The second kappa shape index (κ2) is 8.41. The summed E-state index contributed by atoms with van der Waals surface area (Å²) in [6.07, 6.45) is 12.5. The molecule has 5 aliphatic rings. The summed E-state index contributed by atoms with van der Waals surface area (Å²) in [4.78, 5) is 16.3. The van der Waals surface area contributed by atoms with Gasteiger partial charge in [0.1, 0.15) is 0 Å². The second-order valence-corrected chi connectivity index (χ2v) is 12.7. The van der Waals surface area contributed by atoms with Crippen LogP contribution in [0.15, 0.2) is 11.6 Å². The Morgan fingerprint density at radius 1 is 1.09 bits per heavy atom. The van der Waals surface area contributed by atoms with E-state index in [2.05, 4.69) is 31.7 Å². The number of fused-ring (bicyclic) bond motifs is 5. The van der Waals surface area contributed by atoms with Gasteiger partial charge >= 0.3 is 0 Å². The molecule has 1 amide bonds. The van der Waals surface area contributed by atoms with Crippen LogP contribution in [0.5, 0.6) is 0 Å². The van der Waals surface area contributed by atoms with Crippen LogP contribution in [-0.4, -0.2) is 59.6 Å². The maximum atomic E-state index is 11.7. The fraction of sp³-hybridized carbons (Fsp3) is 0.893.